The van der Waals surface area contributed by atoms with E-state index < -0.39 is 40.5 Å². The van der Waals surface area contributed by atoms with Crippen LogP contribution in [-0.2, 0) is 21.2 Å². The van der Waals surface area contributed by atoms with E-state index in [0.717, 1.165) is 28.6 Å². The fourth-order valence-electron chi connectivity index (χ4n) is 2.93. The second-order valence-electron chi connectivity index (χ2n) is 5.88. The van der Waals surface area contributed by atoms with Crippen molar-refractivity contribution in [2.75, 3.05) is 6.54 Å². The summed E-state index contributed by atoms with van der Waals surface area (Å²) in [6.07, 6.45) is -4.68. The summed E-state index contributed by atoms with van der Waals surface area (Å²) in [5.41, 5.74) is -0.0310. The van der Waals surface area contributed by atoms with Crippen molar-refractivity contribution in [2.45, 2.75) is 43.3 Å². The molecule has 2 rings (SSSR count). The number of nitrogens with zero attached hydrogens (tertiary/aromatic N) is 1. The van der Waals surface area contributed by atoms with Gasteiger partial charge in [0.1, 0.15) is 0 Å². The Hall–Kier alpha value is -1.61. The molecule has 1 N–H and O–H groups in total. The number of hydrogen-bond acceptors (Lipinski definition) is 3. The van der Waals surface area contributed by atoms with Gasteiger partial charge >= 0.3 is 12.1 Å². The first-order valence-electron chi connectivity index (χ1n) is 7.43. The van der Waals surface area contributed by atoms with Gasteiger partial charge in [-0.1, -0.05) is 12.1 Å². The van der Waals surface area contributed by atoms with Crippen LogP contribution < -0.4 is 0 Å². The van der Waals surface area contributed by atoms with Crippen molar-refractivity contribution in [3.05, 3.63) is 29.8 Å². The predicted octanol–water partition coefficient (Wildman–Crippen LogP) is 2.67. The summed E-state index contributed by atoms with van der Waals surface area (Å²) < 4.78 is 63.5. The molecule has 0 radical (unpaired) electrons. The summed E-state index contributed by atoms with van der Waals surface area (Å²) in [6.45, 7) is 1.73. The minimum absolute atomic E-state index is 0.0310. The van der Waals surface area contributed by atoms with E-state index in [9.17, 15) is 31.5 Å². The quantitative estimate of drug-likeness (QED) is 0.890. The van der Waals surface area contributed by atoms with Gasteiger partial charge in [-0.15, -0.1) is 0 Å². The van der Waals surface area contributed by atoms with Gasteiger partial charge in [0.05, 0.1) is 17.2 Å². The number of alkyl halides is 3. The van der Waals surface area contributed by atoms with E-state index in [1.165, 1.54) is 6.92 Å². The minimum Gasteiger partial charge on any atom is -0.481 e. The van der Waals surface area contributed by atoms with E-state index in [-0.39, 0.29) is 17.0 Å². The minimum atomic E-state index is -4.36. The highest BCUT2D eigenvalue weighted by atomic mass is 32.2. The summed E-state index contributed by atoms with van der Waals surface area (Å²) >= 11 is 0. The van der Waals surface area contributed by atoms with E-state index in [0.29, 0.717) is 12.8 Å². The molecule has 1 fully saturated rings. The van der Waals surface area contributed by atoms with Crippen molar-refractivity contribution >= 4 is 16.0 Å². The van der Waals surface area contributed by atoms with Gasteiger partial charge in [-0.3, -0.25) is 4.79 Å². The lowest BCUT2D eigenvalue weighted by Gasteiger charge is -2.36. The third-order valence-electron chi connectivity index (χ3n) is 4.18. The molecule has 1 aliphatic rings. The average molecular weight is 365 g/mol. The molecule has 9 heteroatoms. The number of halogens is 3. The number of benzene rings is 1. The number of carboxylic acids is 1. The lowest BCUT2D eigenvalue weighted by molar-refractivity contribution is -0.144. The van der Waals surface area contributed by atoms with Gasteiger partial charge in [-0.25, -0.2) is 8.42 Å². The third kappa shape index (κ3) is 4.07. The molecular weight excluding hydrogens is 347 g/mol. The molecule has 0 aromatic heterocycles. The molecule has 5 nitrogen and oxygen atoms in total. The van der Waals surface area contributed by atoms with Gasteiger partial charge in [0, 0.05) is 12.6 Å². The van der Waals surface area contributed by atoms with Crippen LogP contribution in [0.4, 0.5) is 13.2 Å². The predicted molar refractivity (Wildman–Crippen MR) is 79.9 cm³/mol. The molecule has 1 heterocycles. The lowest BCUT2D eigenvalue weighted by Crippen LogP contribution is -2.48. The first-order chi connectivity index (χ1) is 11.0. The molecule has 24 heavy (non-hydrogen) atoms. The van der Waals surface area contributed by atoms with E-state index in [1.807, 2.05) is 0 Å². The molecule has 1 saturated heterocycles. The zero-order chi connectivity index (χ0) is 18.1. The highest BCUT2D eigenvalue weighted by Crippen LogP contribution is 2.30. The smallest absolute Gasteiger partial charge is 0.393 e. The largest absolute Gasteiger partial charge is 0.481 e. The molecule has 2 atom stereocenters. The van der Waals surface area contributed by atoms with E-state index in [1.54, 1.807) is 0 Å². The van der Waals surface area contributed by atoms with Gasteiger partial charge in [-0.05, 0) is 37.5 Å². The SMILES string of the molecule is C[C@@H]1[C@H](C(=O)O)CCCN1S(=O)(=O)c1ccc(CC(F)(F)F)cc1. The van der Waals surface area contributed by atoms with Gasteiger partial charge < -0.3 is 5.11 Å². The van der Waals surface area contributed by atoms with Gasteiger partial charge in [0.15, 0.2) is 0 Å². The van der Waals surface area contributed by atoms with Crippen LogP contribution in [0.5, 0.6) is 0 Å². The van der Waals surface area contributed by atoms with Crippen LogP contribution in [0.1, 0.15) is 25.3 Å². The third-order valence-corrected chi connectivity index (χ3v) is 6.18. The van der Waals surface area contributed by atoms with Crippen molar-refractivity contribution in [1.82, 2.24) is 4.31 Å². The molecule has 1 aliphatic heterocycles. The molecule has 0 aliphatic carbocycles. The Balaban J connectivity index is 2.25. The zero-order valence-corrected chi connectivity index (χ0v) is 13.8. The Morgan fingerprint density at radius 2 is 1.88 bits per heavy atom. The van der Waals surface area contributed by atoms with Gasteiger partial charge in [0.25, 0.3) is 0 Å². The normalized spacial score (nSPS) is 23.2. The Kier molecular flexibility index (Phi) is 5.24. The summed E-state index contributed by atoms with van der Waals surface area (Å²) in [4.78, 5) is 11.1. The number of rotatable bonds is 4. The summed E-state index contributed by atoms with van der Waals surface area (Å²) in [7, 11) is -3.95. The van der Waals surface area contributed by atoms with Crippen molar-refractivity contribution in [3.8, 4) is 0 Å². The van der Waals surface area contributed by atoms with E-state index in [4.69, 9.17) is 0 Å². The number of carbonyl (C=O) groups is 1. The fraction of sp³-hybridized carbons (Fsp3) is 0.533. The molecule has 1 aromatic rings. The Morgan fingerprint density at radius 3 is 2.38 bits per heavy atom. The maximum absolute atomic E-state index is 12.7. The second-order valence-corrected chi connectivity index (χ2v) is 7.77. The van der Waals surface area contributed by atoms with Crippen LogP contribution in [0, 0.1) is 5.92 Å². The average Bonchev–Trinajstić information content (AvgIpc) is 2.45. The van der Waals surface area contributed by atoms with Crippen LogP contribution in [-0.4, -0.2) is 42.6 Å². The van der Waals surface area contributed by atoms with Crippen LogP contribution in [0.15, 0.2) is 29.2 Å². The Labute approximate surface area is 138 Å². The van der Waals surface area contributed by atoms with Gasteiger partial charge in [0.2, 0.25) is 10.0 Å². The Morgan fingerprint density at radius 1 is 1.29 bits per heavy atom. The molecule has 0 amide bonds. The van der Waals surface area contributed by atoms with E-state index >= 15 is 0 Å². The number of aliphatic carboxylic acids is 1. The second kappa shape index (κ2) is 6.72. The first kappa shape index (κ1) is 18.7. The van der Waals surface area contributed by atoms with Crippen molar-refractivity contribution in [1.29, 1.82) is 0 Å². The van der Waals surface area contributed by atoms with Crippen molar-refractivity contribution in [3.63, 3.8) is 0 Å². The molecule has 134 valence electrons. The fourth-order valence-corrected chi connectivity index (χ4v) is 4.63. The summed E-state index contributed by atoms with van der Waals surface area (Å²) in [5, 5.41) is 9.18. The maximum atomic E-state index is 12.7. The van der Waals surface area contributed by atoms with Crippen LogP contribution in [0.3, 0.4) is 0 Å². The Bertz CT molecular complexity index is 700. The van der Waals surface area contributed by atoms with Crippen LogP contribution in [0.2, 0.25) is 0 Å². The van der Waals surface area contributed by atoms with Crippen molar-refractivity contribution < 1.29 is 31.5 Å². The maximum Gasteiger partial charge on any atom is 0.393 e. The topological polar surface area (TPSA) is 74.7 Å². The number of piperidine rings is 1. The van der Waals surface area contributed by atoms with Crippen LogP contribution >= 0.6 is 0 Å². The first-order valence-corrected chi connectivity index (χ1v) is 8.87. The number of carboxylic acid groups (broad SMARTS) is 1. The molecule has 0 spiro atoms. The summed E-state index contributed by atoms with van der Waals surface area (Å²) in [6, 6.07) is 3.81. The molecule has 1 aromatic carbocycles. The number of hydrogen-bond donors (Lipinski definition) is 1. The number of sulfonamides is 1. The lowest BCUT2D eigenvalue weighted by atomic mass is 9.92. The van der Waals surface area contributed by atoms with Crippen LogP contribution in [0.25, 0.3) is 0 Å². The van der Waals surface area contributed by atoms with E-state index in [2.05, 4.69) is 0 Å². The molecule has 0 unspecified atom stereocenters. The molecule has 0 saturated carbocycles. The standard InChI is InChI=1S/C15H18F3NO4S/c1-10-13(14(20)21)3-2-8-19(10)24(22,23)12-6-4-11(5-7-12)9-15(16,17)18/h4-7,10,13H,2-3,8-9H2,1H3,(H,20,21)/t10-,13-/m1/s1. The highest BCUT2D eigenvalue weighted by molar-refractivity contribution is 7.89. The monoisotopic (exact) mass is 365 g/mol. The van der Waals surface area contributed by atoms with Crippen molar-refractivity contribution in [2.24, 2.45) is 5.92 Å². The highest BCUT2D eigenvalue weighted by Gasteiger charge is 2.39. The van der Waals surface area contributed by atoms with Gasteiger partial charge in [-0.2, -0.15) is 17.5 Å². The zero-order valence-electron chi connectivity index (χ0n) is 13.0. The summed E-state index contributed by atoms with van der Waals surface area (Å²) in [5.74, 6) is -1.85. The molecule has 0 bridgehead atoms. The molecular formula is C15H18F3NO4S.